The summed E-state index contributed by atoms with van der Waals surface area (Å²) in [4.78, 5) is 14.4. The number of carbonyl (C=O) groups is 1. The van der Waals surface area contributed by atoms with Crippen molar-refractivity contribution in [2.75, 3.05) is 37.8 Å². The van der Waals surface area contributed by atoms with Crippen LogP contribution in [0, 0.1) is 6.92 Å². The van der Waals surface area contributed by atoms with Crippen LogP contribution >= 0.6 is 0 Å². The van der Waals surface area contributed by atoms with E-state index in [0.717, 1.165) is 5.56 Å². The number of nitrogen functional groups attached to an aromatic ring is 1. The molecule has 0 aromatic heterocycles. The first kappa shape index (κ1) is 14.0. The van der Waals surface area contributed by atoms with Gasteiger partial charge in [-0.1, -0.05) is 6.07 Å². The number of nitrogens with zero attached hydrogens (tertiary/aromatic N) is 1. The smallest absolute Gasteiger partial charge is 0.235 e. The molecular weight excluding hydrogens is 264 g/mol. The minimum Gasteiger partial charge on any atom is -0.399 e. The zero-order valence-electron chi connectivity index (χ0n) is 10.9. The summed E-state index contributed by atoms with van der Waals surface area (Å²) in [5.41, 5.74) is 7.15. The van der Waals surface area contributed by atoms with Gasteiger partial charge in [-0.25, -0.2) is 0 Å². The van der Waals surface area contributed by atoms with E-state index in [1.54, 1.807) is 17.0 Å². The Balaban J connectivity index is 2.04. The van der Waals surface area contributed by atoms with E-state index in [-0.39, 0.29) is 11.7 Å². The molecule has 19 heavy (non-hydrogen) atoms. The van der Waals surface area contributed by atoms with Crippen molar-refractivity contribution in [1.29, 1.82) is 0 Å². The second-order valence-corrected chi connectivity index (χ2v) is 5.93. The topological polar surface area (TPSA) is 72.6 Å². The van der Waals surface area contributed by atoms with Gasteiger partial charge >= 0.3 is 0 Å². The quantitative estimate of drug-likeness (QED) is 0.822. The second kappa shape index (κ2) is 6.16. The summed E-state index contributed by atoms with van der Waals surface area (Å²) in [6, 6.07) is 5.26. The fraction of sp³-hybridized carbons (Fsp3) is 0.462. The predicted molar refractivity (Wildman–Crippen MR) is 74.3 cm³/mol. The molecule has 6 heteroatoms. The third kappa shape index (κ3) is 3.54. The molecule has 1 unspecified atom stereocenters. The van der Waals surface area contributed by atoms with Gasteiger partial charge in [-0.05, 0) is 24.6 Å². The maximum absolute atomic E-state index is 12.2. The van der Waals surface area contributed by atoms with Gasteiger partial charge in [-0.3, -0.25) is 9.00 Å². The van der Waals surface area contributed by atoms with Crippen molar-refractivity contribution < 1.29 is 13.7 Å². The highest BCUT2D eigenvalue weighted by Gasteiger charge is 2.20. The summed E-state index contributed by atoms with van der Waals surface area (Å²) in [7, 11) is -1.35. The predicted octanol–water partition coefficient (Wildman–Crippen LogP) is 0.544. The molecule has 2 N–H and O–H groups in total. The Hall–Kier alpha value is -1.40. The van der Waals surface area contributed by atoms with Gasteiger partial charge in [0.15, 0.2) is 0 Å². The number of morpholine rings is 1. The van der Waals surface area contributed by atoms with Gasteiger partial charge < -0.3 is 15.4 Å². The van der Waals surface area contributed by atoms with Crippen LogP contribution in [0.2, 0.25) is 0 Å². The number of nitrogens with two attached hydrogens (primary N) is 1. The molecule has 0 aliphatic carbocycles. The van der Waals surface area contributed by atoms with Crippen LogP contribution in [0.15, 0.2) is 23.1 Å². The molecule has 1 aliphatic rings. The lowest BCUT2D eigenvalue weighted by molar-refractivity contribution is -0.132. The highest BCUT2D eigenvalue weighted by molar-refractivity contribution is 7.85. The van der Waals surface area contributed by atoms with Gasteiger partial charge in [0.05, 0.1) is 24.0 Å². The highest BCUT2D eigenvalue weighted by atomic mass is 32.2. The maximum Gasteiger partial charge on any atom is 0.235 e. The molecule has 2 rings (SSSR count). The molecule has 1 amide bonds. The fourth-order valence-corrected chi connectivity index (χ4v) is 3.21. The molecule has 5 nitrogen and oxygen atoms in total. The lowest BCUT2D eigenvalue weighted by Crippen LogP contribution is -2.42. The molecule has 1 atom stereocenters. The first-order valence-electron chi connectivity index (χ1n) is 6.18. The Morgan fingerprint density at radius 1 is 1.42 bits per heavy atom. The van der Waals surface area contributed by atoms with Crippen molar-refractivity contribution >= 4 is 22.4 Å². The number of benzene rings is 1. The Labute approximate surface area is 115 Å². The van der Waals surface area contributed by atoms with Gasteiger partial charge in [0.25, 0.3) is 0 Å². The third-order valence-electron chi connectivity index (χ3n) is 3.08. The highest BCUT2D eigenvalue weighted by Crippen LogP contribution is 2.17. The van der Waals surface area contributed by atoms with Crippen LogP contribution in [0.5, 0.6) is 0 Å². The summed E-state index contributed by atoms with van der Waals surface area (Å²) < 4.78 is 17.4. The monoisotopic (exact) mass is 282 g/mol. The van der Waals surface area contributed by atoms with Gasteiger partial charge in [-0.2, -0.15) is 0 Å². The number of carbonyl (C=O) groups excluding carboxylic acids is 1. The minimum absolute atomic E-state index is 0.00426. The van der Waals surface area contributed by atoms with E-state index in [9.17, 15) is 9.00 Å². The van der Waals surface area contributed by atoms with Crippen molar-refractivity contribution in [2.45, 2.75) is 11.8 Å². The third-order valence-corrected chi connectivity index (χ3v) is 4.52. The molecule has 1 heterocycles. The maximum atomic E-state index is 12.2. The molecule has 1 saturated heterocycles. The summed E-state index contributed by atoms with van der Waals surface area (Å²) in [5, 5.41) is 0. The van der Waals surface area contributed by atoms with Crippen LogP contribution in [0.1, 0.15) is 5.56 Å². The Morgan fingerprint density at radius 2 is 2.11 bits per heavy atom. The van der Waals surface area contributed by atoms with Gasteiger partial charge in [0.1, 0.15) is 5.75 Å². The van der Waals surface area contributed by atoms with Crippen molar-refractivity contribution in [3.63, 3.8) is 0 Å². The van der Waals surface area contributed by atoms with Crippen LogP contribution in [-0.2, 0) is 20.3 Å². The fourth-order valence-electron chi connectivity index (χ4n) is 1.96. The first-order chi connectivity index (χ1) is 9.08. The SMILES string of the molecule is Cc1ccc(N)cc1S(=O)CC(=O)N1CCOCC1. The number of hydrogen-bond donors (Lipinski definition) is 1. The molecule has 0 saturated carbocycles. The van der Waals surface area contributed by atoms with Gasteiger partial charge in [-0.15, -0.1) is 0 Å². The molecule has 0 bridgehead atoms. The molecule has 0 spiro atoms. The van der Waals surface area contributed by atoms with E-state index in [0.29, 0.717) is 36.9 Å². The van der Waals surface area contributed by atoms with Gasteiger partial charge in [0.2, 0.25) is 5.91 Å². The van der Waals surface area contributed by atoms with Gasteiger partial charge in [0, 0.05) is 23.7 Å². The van der Waals surface area contributed by atoms with E-state index in [2.05, 4.69) is 0 Å². The second-order valence-electron chi connectivity index (χ2n) is 4.51. The van der Waals surface area contributed by atoms with E-state index in [1.165, 1.54) is 0 Å². The zero-order valence-corrected chi connectivity index (χ0v) is 11.7. The van der Waals surface area contributed by atoms with Crippen molar-refractivity contribution in [3.05, 3.63) is 23.8 Å². The number of ether oxygens (including phenoxy) is 1. The molecule has 1 aromatic carbocycles. The Kier molecular flexibility index (Phi) is 4.55. The zero-order chi connectivity index (χ0) is 13.8. The summed E-state index contributed by atoms with van der Waals surface area (Å²) in [6.45, 7) is 4.12. The Morgan fingerprint density at radius 3 is 2.79 bits per heavy atom. The Bertz CT molecular complexity index is 499. The minimum atomic E-state index is -1.35. The number of anilines is 1. The number of aryl methyl sites for hydroxylation is 1. The standard InChI is InChI=1S/C13H18N2O3S/c1-10-2-3-11(14)8-12(10)19(17)9-13(16)15-4-6-18-7-5-15/h2-3,8H,4-7,9,14H2,1H3. The van der Waals surface area contributed by atoms with Crippen LogP contribution in [0.3, 0.4) is 0 Å². The molecule has 104 valence electrons. The van der Waals surface area contributed by atoms with Crippen molar-refractivity contribution in [2.24, 2.45) is 0 Å². The molecule has 1 aliphatic heterocycles. The van der Waals surface area contributed by atoms with E-state index >= 15 is 0 Å². The average molecular weight is 282 g/mol. The van der Waals surface area contributed by atoms with Crippen LogP contribution in [-0.4, -0.2) is 47.1 Å². The average Bonchev–Trinajstić information content (AvgIpc) is 2.42. The van der Waals surface area contributed by atoms with Crippen molar-refractivity contribution in [3.8, 4) is 0 Å². The van der Waals surface area contributed by atoms with Crippen LogP contribution in [0.4, 0.5) is 5.69 Å². The van der Waals surface area contributed by atoms with Crippen LogP contribution in [0.25, 0.3) is 0 Å². The molecule has 1 aromatic rings. The summed E-state index contributed by atoms with van der Waals surface area (Å²) in [6.07, 6.45) is 0. The van der Waals surface area contributed by atoms with E-state index in [1.807, 2.05) is 13.0 Å². The van der Waals surface area contributed by atoms with E-state index < -0.39 is 10.8 Å². The molecule has 0 radical (unpaired) electrons. The summed E-state index contributed by atoms with van der Waals surface area (Å²) in [5.74, 6) is -0.0898. The van der Waals surface area contributed by atoms with Crippen LogP contribution < -0.4 is 5.73 Å². The number of amides is 1. The molecular formula is C13H18N2O3S. The lowest BCUT2D eigenvalue weighted by atomic mass is 10.2. The molecule has 1 fully saturated rings. The lowest BCUT2D eigenvalue weighted by Gasteiger charge is -2.26. The van der Waals surface area contributed by atoms with E-state index in [4.69, 9.17) is 10.5 Å². The largest absolute Gasteiger partial charge is 0.399 e. The number of hydrogen-bond acceptors (Lipinski definition) is 4. The van der Waals surface area contributed by atoms with Crippen molar-refractivity contribution in [1.82, 2.24) is 4.90 Å². The summed E-state index contributed by atoms with van der Waals surface area (Å²) >= 11 is 0. The number of rotatable bonds is 3. The first-order valence-corrected chi connectivity index (χ1v) is 7.50. The normalized spacial score (nSPS) is 17.2.